The average Bonchev–Trinajstić information content (AvgIpc) is 2.88. The van der Waals surface area contributed by atoms with E-state index in [1.807, 2.05) is 12.1 Å². The standard InChI is InChI=1S/C21H25N3O4S/c1-28-19-6-4-17(5-7-19)21(25)23-11-8-18-15-24(14-16-3-2-10-22-13-16)29(26,27)20(18)9-12-23/h2-7,10,13,18,20H,8-9,11-12,14-15H2,1H3/t18-,20-/m1/s1. The van der Waals surface area contributed by atoms with E-state index in [4.69, 9.17) is 4.74 Å². The van der Waals surface area contributed by atoms with Gasteiger partial charge in [-0.05, 0) is 54.7 Å². The first-order valence-corrected chi connectivity index (χ1v) is 11.3. The van der Waals surface area contributed by atoms with Crippen molar-refractivity contribution in [2.75, 3.05) is 26.7 Å². The molecule has 29 heavy (non-hydrogen) atoms. The Kier molecular flexibility index (Phi) is 5.56. The number of sulfonamides is 1. The second-order valence-corrected chi connectivity index (χ2v) is 9.75. The molecule has 0 unspecified atom stereocenters. The zero-order valence-corrected chi connectivity index (χ0v) is 17.2. The van der Waals surface area contributed by atoms with E-state index in [0.717, 1.165) is 5.56 Å². The molecule has 4 rings (SSSR count). The number of likely N-dealkylation sites (tertiary alicyclic amines) is 1. The number of methoxy groups -OCH3 is 1. The van der Waals surface area contributed by atoms with Gasteiger partial charge in [0, 0.05) is 44.1 Å². The summed E-state index contributed by atoms with van der Waals surface area (Å²) >= 11 is 0. The molecule has 0 radical (unpaired) electrons. The highest BCUT2D eigenvalue weighted by Gasteiger charge is 2.47. The van der Waals surface area contributed by atoms with Crippen LogP contribution in [-0.4, -0.2) is 60.5 Å². The molecule has 0 bridgehead atoms. The highest BCUT2D eigenvalue weighted by molar-refractivity contribution is 7.90. The van der Waals surface area contributed by atoms with Crippen molar-refractivity contribution in [2.24, 2.45) is 5.92 Å². The Bertz CT molecular complexity index is 963. The van der Waals surface area contributed by atoms with Gasteiger partial charge in [-0.1, -0.05) is 6.07 Å². The van der Waals surface area contributed by atoms with E-state index < -0.39 is 15.3 Å². The van der Waals surface area contributed by atoms with E-state index in [0.29, 0.717) is 50.3 Å². The highest BCUT2D eigenvalue weighted by atomic mass is 32.2. The fraction of sp³-hybridized carbons (Fsp3) is 0.429. The van der Waals surface area contributed by atoms with Crippen molar-refractivity contribution in [3.63, 3.8) is 0 Å². The maximum atomic E-state index is 13.1. The van der Waals surface area contributed by atoms with Gasteiger partial charge in [0.05, 0.1) is 12.4 Å². The Morgan fingerprint density at radius 2 is 1.93 bits per heavy atom. The Morgan fingerprint density at radius 1 is 1.17 bits per heavy atom. The Morgan fingerprint density at radius 3 is 2.62 bits per heavy atom. The maximum Gasteiger partial charge on any atom is 0.253 e. The zero-order valence-electron chi connectivity index (χ0n) is 16.4. The van der Waals surface area contributed by atoms with Crippen LogP contribution in [0.4, 0.5) is 0 Å². The predicted octanol–water partition coefficient (Wildman–Crippen LogP) is 2.16. The van der Waals surface area contributed by atoms with Crippen LogP contribution in [0.25, 0.3) is 0 Å². The third-order valence-electron chi connectivity index (χ3n) is 5.87. The van der Waals surface area contributed by atoms with E-state index in [-0.39, 0.29) is 11.8 Å². The first-order chi connectivity index (χ1) is 14.0. The topological polar surface area (TPSA) is 79.8 Å². The molecule has 0 aliphatic carbocycles. The summed E-state index contributed by atoms with van der Waals surface area (Å²) in [7, 11) is -1.80. The Hall–Kier alpha value is -2.45. The van der Waals surface area contributed by atoms with Gasteiger partial charge in [-0.25, -0.2) is 8.42 Å². The Labute approximate surface area is 171 Å². The summed E-state index contributed by atoms with van der Waals surface area (Å²) in [6, 6.07) is 10.7. The molecule has 0 spiro atoms. The SMILES string of the molecule is COc1ccc(C(=O)N2CC[C@@H]3CN(Cc4cccnc4)S(=O)(=O)[C@@H]3CC2)cc1. The van der Waals surface area contributed by atoms with E-state index in [1.54, 1.807) is 53.0 Å². The van der Waals surface area contributed by atoms with Gasteiger partial charge in [-0.15, -0.1) is 0 Å². The number of aromatic nitrogens is 1. The van der Waals surface area contributed by atoms with Gasteiger partial charge in [0.2, 0.25) is 10.0 Å². The van der Waals surface area contributed by atoms with Crippen LogP contribution in [0.2, 0.25) is 0 Å². The zero-order chi connectivity index (χ0) is 20.4. The number of ether oxygens (including phenoxy) is 1. The minimum atomic E-state index is -3.38. The van der Waals surface area contributed by atoms with Crippen molar-refractivity contribution in [1.82, 2.24) is 14.2 Å². The number of carbonyl (C=O) groups is 1. The van der Waals surface area contributed by atoms with E-state index in [9.17, 15) is 13.2 Å². The van der Waals surface area contributed by atoms with Gasteiger partial charge in [0.25, 0.3) is 5.91 Å². The normalized spacial score (nSPS) is 24.0. The third kappa shape index (κ3) is 4.00. The van der Waals surface area contributed by atoms with Crippen LogP contribution >= 0.6 is 0 Å². The van der Waals surface area contributed by atoms with Crippen LogP contribution in [0, 0.1) is 5.92 Å². The molecule has 1 aromatic carbocycles. The fourth-order valence-corrected chi connectivity index (χ4v) is 6.49. The highest BCUT2D eigenvalue weighted by Crippen LogP contribution is 2.35. The molecule has 1 amide bonds. The number of nitrogens with zero attached hydrogens (tertiary/aromatic N) is 3. The molecule has 0 saturated carbocycles. The van der Waals surface area contributed by atoms with Crippen LogP contribution in [0.5, 0.6) is 5.75 Å². The average molecular weight is 416 g/mol. The fourth-order valence-electron chi connectivity index (χ4n) is 4.27. The molecule has 8 heteroatoms. The number of hydrogen-bond donors (Lipinski definition) is 0. The Balaban J connectivity index is 1.44. The number of pyridine rings is 1. The van der Waals surface area contributed by atoms with Crippen LogP contribution in [0.1, 0.15) is 28.8 Å². The molecule has 3 heterocycles. The van der Waals surface area contributed by atoms with E-state index in [2.05, 4.69) is 4.98 Å². The summed E-state index contributed by atoms with van der Waals surface area (Å²) < 4.78 is 32.9. The molecule has 1 aromatic heterocycles. The lowest BCUT2D eigenvalue weighted by atomic mass is 10.0. The summed E-state index contributed by atoms with van der Waals surface area (Å²) in [6.45, 7) is 1.89. The number of benzene rings is 1. The number of carbonyl (C=O) groups excluding carboxylic acids is 1. The number of fused-ring (bicyclic) bond motifs is 1. The van der Waals surface area contributed by atoms with Gasteiger partial charge in [0.1, 0.15) is 5.75 Å². The van der Waals surface area contributed by atoms with Crippen molar-refractivity contribution in [3.05, 3.63) is 59.9 Å². The lowest BCUT2D eigenvalue weighted by Gasteiger charge is -2.22. The quantitative estimate of drug-likeness (QED) is 0.765. The summed E-state index contributed by atoms with van der Waals surface area (Å²) in [5, 5.41) is -0.423. The minimum absolute atomic E-state index is 0.0466. The third-order valence-corrected chi connectivity index (χ3v) is 8.25. The molecule has 2 aromatic rings. The molecule has 0 N–H and O–H groups in total. The lowest BCUT2D eigenvalue weighted by molar-refractivity contribution is 0.0759. The molecule has 2 aliphatic heterocycles. The monoisotopic (exact) mass is 415 g/mol. The smallest absolute Gasteiger partial charge is 0.253 e. The summed E-state index contributed by atoms with van der Waals surface area (Å²) in [5.41, 5.74) is 1.49. The first-order valence-electron chi connectivity index (χ1n) is 9.80. The van der Waals surface area contributed by atoms with Crippen LogP contribution < -0.4 is 4.74 Å². The molecule has 2 aliphatic rings. The number of amides is 1. The lowest BCUT2D eigenvalue weighted by Crippen LogP contribution is -2.34. The number of rotatable bonds is 4. The summed E-state index contributed by atoms with van der Waals surface area (Å²) in [6.07, 6.45) is 4.55. The molecule has 7 nitrogen and oxygen atoms in total. The van der Waals surface area contributed by atoms with E-state index >= 15 is 0 Å². The van der Waals surface area contributed by atoms with Crippen LogP contribution in [0.3, 0.4) is 0 Å². The molecule has 2 saturated heterocycles. The van der Waals surface area contributed by atoms with Gasteiger partial charge >= 0.3 is 0 Å². The number of hydrogen-bond acceptors (Lipinski definition) is 5. The second kappa shape index (κ2) is 8.12. The molecule has 154 valence electrons. The van der Waals surface area contributed by atoms with Gasteiger partial charge in [-0.3, -0.25) is 9.78 Å². The van der Waals surface area contributed by atoms with Gasteiger partial charge in [0.15, 0.2) is 0 Å². The molecular formula is C21H25N3O4S. The maximum absolute atomic E-state index is 13.1. The largest absolute Gasteiger partial charge is 0.497 e. The van der Waals surface area contributed by atoms with Crippen molar-refractivity contribution in [3.8, 4) is 5.75 Å². The van der Waals surface area contributed by atoms with Crippen LogP contribution in [0.15, 0.2) is 48.8 Å². The van der Waals surface area contributed by atoms with Gasteiger partial charge < -0.3 is 9.64 Å². The molecule has 2 fully saturated rings. The molecule has 2 atom stereocenters. The van der Waals surface area contributed by atoms with Crippen molar-refractivity contribution in [1.29, 1.82) is 0 Å². The van der Waals surface area contributed by atoms with Crippen molar-refractivity contribution >= 4 is 15.9 Å². The van der Waals surface area contributed by atoms with E-state index in [1.165, 1.54) is 0 Å². The second-order valence-electron chi connectivity index (χ2n) is 7.60. The first kappa shape index (κ1) is 19.8. The summed E-state index contributed by atoms with van der Waals surface area (Å²) in [4.78, 5) is 18.7. The minimum Gasteiger partial charge on any atom is -0.497 e. The van der Waals surface area contributed by atoms with Crippen molar-refractivity contribution in [2.45, 2.75) is 24.6 Å². The summed E-state index contributed by atoms with van der Waals surface area (Å²) in [5.74, 6) is 0.689. The predicted molar refractivity (Wildman–Crippen MR) is 109 cm³/mol. The van der Waals surface area contributed by atoms with Crippen molar-refractivity contribution < 1.29 is 17.9 Å². The van der Waals surface area contributed by atoms with Crippen LogP contribution in [-0.2, 0) is 16.6 Å². The van der Waals surface area contributed by atoms with Gasteiger partial charge in [-0.2, -0.15) is 4.31 Å². The molecular weight excluding hydrogens is 390 g/mol.